The SMILES string of the molecule is Cc1ccccc1C(=O)NC1CCN(S(=O)(=O)c2cccc(-n3cnnn3)c2)CC1. The van der Waals surface area contributed by atoms with Gasteiger partial charge in [0.05, 0.1) is 10.6 Å². The van der Waals surface area contributed by atoms with E-state index in [0.717, 1.165) is 5.56 Å². The van der Waals surface area contributed by atoms with Gasteiger partial charge >= 0.3 is 0 Å². The van der Waals surface area contributed by atoms with Gasteiger partial charge in [0.25, 0.3) is 5.91 Å². The Labute approximate surface area is 174 Å². The number of rotatable bonds is 5. The smallest absolute Gasteiger partial charge is 0.251 e. The normalized spacial score (nSPS) is 15.8. The van der Waals surface area contributed by atoms with E-state index in [2.05, 4.69) is 20.8 Å². The molecule has 9 nitrogen and oxygen atoms in total. The van der Waals surface area contributed by atoms with Crippen LogP contribution in [0, 0.1) is 6.92 Å². The lowest BCUT2D eigenvalue weighted by Gasteiger charge is -2.31. The number of aromatic nitrogens is 4. The molecule has 4 rings (SSSR count). The van der Waals surface area contributed by atoms with E-state index in [0.29, 0.717) is 37.2 Å². The predicted molar refractivity (Wildman–Crippen MR) is 110 cm³/mol. The molecule has 0 radical (unpaired) electrons. The van der Waals surface area contributed by atoms with Gasteiger partial charge in [-0.2, -0.15) is 4.31 Å². The number of amides is 1. The average Bonchev–Trinajstić information content (AvgIpc) is 3.29. The van der Waals surface area contributed by atoms with E-state index < -0.39 is 10.0 Å². The van der Waals surface area contributed by atoms with E-state index >= 15 is 0 Å². The van der Waals surface area contributed by atoms with Crippen molar-refractivity contribution in [1.82, 2.24) is 29.8 Å². The largest absolute Gasteiger partial charge is 0.349 e. The molecule has 10 heteroatoms. The Hall–Kier alpha value is -3.11. The Bertz CT molecular complexity index is 1140. The first-order chi connectivity index (χ1) is 14.4. The van der Waals surface area contributed by atoms with Gasteiger partial charge in [-0.05, 0) is 60.0 Å². The van der Waals surface area contributed by atoms with Crippen molar-refractivity contribution in [2.45, 2.75) is 30.7 Å². The summed E-state index contributed by atoms with van der Waals surface area (Å²) in [6.07, 6.45) is 2.53. The van der Waals surface area contributed by atoms with Crippen LogP contribution in [0.3, 0.4) is 0 Å². The van der Waals surface area contributed by atoms with Gasteiger partial charge in [-0.15, -0.1) is 5.10 Å². The third-order valence-corrected chi connectivity index (χ3v) is 7.14. The summed E-state index contributed by atoms with van der Waals surface area (Å²) in [6.45, 7) is 2.58. The fourth-order valence-corrected chi connectivity index (χ4v) is 5.06. The molecule has 2 heterocycles. The zero-order valence-corrected chi connectivity index (χ0v) is 17.3. The van der Waals surface area contributed by atoms with E-state index in [4.69, 9.17) is 0 Å². The molecule has 0 saturated carbocycles. The Kier molecular flexibility index (Phi) is 5.60. The van der Waals surface area contributed by atoms with E-state index in [1.165, 1.54) is 15.3 Å². The molecule has 1 saturated heterocycles. The number of hydrogen-bond donors (Lipinski definition) is 1. The lowest BCUT2D eigenvalue weighted by molar-refractivity contribution is 0.0923. The molecule has 0 atom stereocenters. The highest BCUT2D eigenvalue weighted by Crippen LogP contribution is 2.23. The molecule has 1 aliphatic rings. The molecule has 1 aliphatic heterocycles. The molecular formula is C20H22N6O3S. The molecule has 0 spiro atoms. The van der Waals surface area contributed by atoms with Crippen molar-refractivity contribution in [2.24, 2.45) is 0 Å². The van der Waals surface area contributed by atoms with Gasteiger partial charge in [-0.25, -0.2) is 13.1 Å². The third-order valence-electron chi connectivity index (χ3n) is 5.25. The molecule has 0 unspecified atom stereocenters. The maximum Gasteiger partial charge on any atom is 0.251 e. The van der Waals surface area contributed by atoms with Crippen LogP contribution in [-0.4, -0.2) is 58.0 Å². The zero-order chi connectivity index (χ0) is 21.1. The zero-order valence-electron chi connectivity index (χ0n) is 16.5. The van der Waals surface area contributed by atoms with E-state index in [9.17, 15) is 13.2 Å². The number of aryl methyl sites for hydroxylation is 1. The van der Waals surface area contributed by atoms with Crippen LogP contribution in [-0.2, 0) is 10.0 Å². The van der Waals surface area contributed by atoms with E-state index in [-0.39, 0.29) is 16.8 Å². The lowest BCUT2D eigenvalue weighted by atomic mass is 10.0. The highest BCUT2D eigenvalue weighted by Gasteiger charge is 2.30. The van der Waals surface area contributed by atoms with Crippen molar-refractivity contribution in [3.05, 3.63) is 66.0 Å². The van der Waals surface area contributed by atoms with Crippen LogP contribution in [0.2, 0.25) is 0 Å². The summed E-state index contributed by atoms with van der Waals surface area (Å²) in [6, 6.07) is 13.9. The minimum absolute atomic E-state index is 0.0592. The van der Waals surface area contributed by atoms with Gasteiger partial charge in [0.1, 0.15) is 6.33 Å². The van der Waals surface area contributed by atoms with Crippen LogP contribution in [0.1, 0.15) is 28.8 Å². The van der Waals surface area contributed by atoms with Crippen LogP contribution >= 0.6 is 0 Å². The van der Waals surface area contributed by atoms with Crippen LogP contribution < -0.4 is 5.32 Å². The molecule has 0 aliphatic carbocycles. The maximum absolute atomic E-state index is 13.1. The fourth-order valence-electron chi connectivity index (χ4n) is 3.55. The number of nitrogens with one attached hydrogen (secondary N) is 1. The summed E-state index contributed by atoms with van der Waals surface area (Å²) in [5, 5.41) is 14.0. The van der Waals surface area contributed by atoms with Crippen LogP contribution in [0.25, 0.3) is 5.69 Å². The summed E-state index contributed by atoms with van der Waals surface area (Å²) in [7, 11) is -3.65. The monoisotopic (exact) mass is 426 g/mol. The summed E-state index contributed by atoms with van der Waals surface area (Å²) in [5.74, 6) is -0.122. The molecule has 1 N–H and O–H groups in total. The molecule has 30 heavy (non-hydrogen) atoms. The molecule has 0 bridgehead atoms. The number of carbonyl (C=O) groups is 1. The van der Waals surface area contributed by atoms with Crippen molar-refractivity contribution >= 4 is 15.9 Å². The summed E-state index contributed by atoms with van der Waals surface area (Å²) in [5.41, 5.74) is 2.13. The van der Waals surface area contributed by atoms with Crippen LogP contribution in [0.15, 0.2) is 59.8 Å². The Morgan fingerprint density at radius 1 is 1.10 bits per heavy atom. The molecule has 3 aromatic rings. The van der Waals surface area contributed by atoms with Gasteiger partial charge in [0, 0.05) is 24.7 Å². The summed E-state index contributed by atoms with van der Waals surface area (Å²) >= 11 is 0. The molecule has 1 amide bonds. The Morgan fingerprint density at radius 2 is 1.87 bits per heavy atom. The standard InChI is InChI=1S/C20H22N6O3S/c1-15-5-2-3-8-19(15)20(27)22-16-9-11-25(12-10-16)30(28,29)18-7-4-6-17(13-18)26-14-21-23-24-26/h2-8,13-14,16H,9-12H2,1H3,(H,22,27). The third kappa shape index (κ3) is 4.10. The Balaban J connectivity index is 1.42. The Morgan fingerprint density at radius 3 is 2.57 bits per heavy atom. The number of nitrogens with zero attached hydrogens (tertiary/aromatic N) is 5. The first-order valence-corrected chi connectivity index (χ1v) is 11.1. The first kappa shape index (κ1) is 20.2. The number of benzene rings is 2. The second kappa shape index (κ2) is 8.33. The van der Waals surface area contributed by atoms with Crippen molar-refractivity contribution in [3.8, 4) is 5.69 Å². The van der Waals surface area contributed by atoms with Crippen molar-refractivity contribution in [1.29, 1.82) is 0 Å². The minimum Gasteiger partial charge on any atom is -0.349 e. The number of sulfonamides is 1. The van der Waals surface area contributed by atoms with Crippen molar-refractivity contribution in [3.63, 3.8) is 0 Å². The topological polar surface area (TPSA) is 110 Å². The minimum atomic E-state index is -3.65. The maximum atomic E-state index is 13.1. The second-order valence-electron chi connectivity index (χ2n) is 7.22. The average molecular weight is 427 g/mol. The molecule has 1 aromatic heterocycles. The van der Waals surface area contributed by atoms with Gasteiger partial charge in [0.15, 0.2) is 0 Å². The number of tetrazole rings is 1. The van der Waals surface area contributed by atoms with Crippen molar-refractivity contribution < 1.29 is 13.2 Å². The molecular weight excluding hydrogens is 404 g/mol. The summed E-state index contributed by atoms with van der Waals surface area (Å²) < 4.78 is 29.0. The molecule has 2 aromatic carbocycles. The van der Waals surface area contributed by atoms with E-state index in [1.807, 2.05) is 25.1 Å². The number of carbonyl (C=O) groups excluding carboxylic acids is 1. The summed E-state index contributed by atoms with van der Waals surface area (Å²) in [4.78, 5) is 12.7. The second-order valence-corrected chi connectivity index (χ2v) is 9.16. The highest BCUT2D eigenvalue weighted by molar-refractivity contribution is 7.89. The quantitative estimate of drug-likeness (QED) is 0.663. The van der Waals surface area contributed by atoms with E-state index in [1.54, 1.807) is 30.3 Å². The first-order valence-electron chi connectivity index (χ1n) is 9.65. The molecule has 156 valence electrons. The van der Waals surface area contributed by atoms with Crippen LogP contribution in [0.5, 0.6) is 0 Å². The predicted octanol–water partition coefficient (Wildman–Crippen LogP) is 1.55. The van der Waals surface area contributed by atoms with Crippen LogP contribution in [0.4, 0.5) is 0 Å². The highest BCUT2D eigenvalue weighted by atomic mass is 32.2. The van der Waals surface area contributed by atoms with Gasteiger partial charge in [-0.1, -0.05) is 24.3 Å². The fraction of sp³-hybridized carbons (Fsp3) is 0.300. The molecule has 1 fully saturated rings. The van der Waals surface area contributed by atoms with Crippen molar-refractivity contribution in [2.75, 3.05) is 13.1 Å². The van der Waals surface area contributed by atoms with Gasteiger partial charge < -0.3 is 5.32 Å². The number of piperidine rings is 1. The lowest BCUT2D eigenvalue weighted by Crippen LogP contribution is -2.46. The number of hydrogen-bond acceptors (Lipinski definition) is 6. The van der Waals surface area contributed by atoms with Gasteiger partial charge in [-0.3, -0.25) is 4.79 Å². The van der Waals surface area contributed by atoms with Gasteiger partial charge in [0.2, 0.25) is 10.0 Å².